The van der Waals surface area contributed by atoms with Crippen LogP contribution < -0.4 is 0 Å². The Morgan fingerprint density at radius 2 is 1.62 bits per heavy atom. The quantitative estimate of drug-likeness (QED) is 0.430. The number of fused-ring (bicyclic) bond motifs is 1. The van der Waals surface area contributed by atoms with Gasteiger partial charge in [-0.05, 0) is 69.8 Å². The third-order valence-corrected chi connectivity index (χ3v) is 5.59. The van der Waals surface area contributed by atoms with Crippen LogP contribution in [-0.4, -0.2) is 11.7 Å². The van der Waals surface area contributed by atoms with E-state index in [-0.39, 0.29) is 10.8 Å². The van der Waals surface area contributed by atoms with E-state index in [9.17, 15) is 0 Å². The lowest BCUT2D eigenvalue weighted by Crippen LogP contribution is -2.14. The summed E-state index contributed by atoms with van der Waals surface area (Å²) in [6.45, 7) is 19.3. The summed E-state index contributed by atoms with van der Waals surface area (Å²) in [4.78, 5) is 8.48. The molecule has 2 nitrogen and oxygen atoms in total. The van der Waals surface area contributed by atoms with Gasteiger partial charge in [0, 0.05) is 29.5 Å². The molecule has 0 saturated heterocycles. The lowest BCUT2D eigenvalue weighted by atomic mass is 9.79. The van der Waals surface area contributed by atoms with Gasteiger partial charge in [0.25, 0.3) is 0 Å². The van der Waals surface area contributed by atoms with Gasteiger partial charge < -0.3 is 0 Å². The Kier molecular flexibility index (Phi) is 5.49. The molecule has 0 aliphatic heterocycles. The fourth-order valence-electron chi connectivity index (χ4n) is 3.86. The maximum atomic E-state index is 4.54. The fourth-order valence-corrected chi connectivity index (χ4v) is 3.86. The lowest BCUT2D eigenvalue weighted by Gasteiger charge is -2.25. The van der Waals surface area contributed by atoms with E-state index in [0.717, 1.165) is 0 Å². The number of pyridine rings is 1. The van der Waals surface area contributed by atoms with Crippen molar-refractivity contribution in [1.82, 2.24) is 4.98 Å². The Hall–Kier alpha value is -2.74. The third-order valence-electron chi connectivity index (χ3n) is 5.59. The van der Waals surface area contributed by atoms with Crippen molar-refractivity contribution in [2.75, 3.05) is 0 Å². The second-order valence-electron chi connectivity index (χ2n) is 9.82. The van der Waals surface area contributed by atoms with E-state index >= 15 is 0 Å². The van der Waals surface area contributed by atoms with Gasteiger partial charge >= 0.3 is 0 Å². The second kappa shape index (κ2) is 7.59. The molecule has 0 aliphatic carbocycles. The van der Waals surface area contributed by atoms with Gasteiger partial charge in [0.15, 0.2) is 0 Å². The molecule has 2 aromatic carbocycles. The van der Waals surface area contributed by atoms with Crippen LogP contribution in [0.15, 0.2) is 53.9 Å². The first-order valence-corrected chi connectivity index (χ1v) is 10.2. The maximum Gasteiger partial charge on any atom is 0.0352 e. The summed E-state index contributed by atoms with van der Waals surface area (Å²) < 4.78 is 0. The molecule has 0 radical (unpaired) electrons. The largest absolute Gasteiger partial charge is 0.272 e. The van der Waals surface area contributed by atoms with E-state index in [1.54, 1.807) is 6.20 Å². The van der Waals surface area contributed by atoms with Crippen LogP contribution in [0.2, 0.25) is 0 Å². The number of benzene rings is 2. The summed E-state index contributed by atoms with van der Waals surface area (Å²) in [5.41, 5.74) is 7.63. The van der Waals surface area contributed by atoms with Gasteiger partial charge in [0.05, 0.1) is 0 Å². The first-order chi connectivity index (χ1) is 13.5. The molecule has 0 bridgehead atoms. The lowest BCUT2D eigenvalue weighted by molar-refractivity contribution is 0.588. The highest BCUT2D eigenvalue weighted by molar-refractivity contribution is 5.97. The number of aliphatic imine (C=N–C) groups is 1. The second-order valence-corrected chi connectivity index (χ2v) is 9.82. The van der Waals surface area contributed by atoms with Crippen LogP contribution >= 0.6 is 0 Å². The van der Waals surface area contributed by atoms with E-state index in [0.29, 0.717) is 0 Å². The molecule has 0 N–H and O–H groups in total. The Morgan fingerprint density at radius 3 is 2.24 bits per heavy atom. The zero-order chi connectivity index (χ0) is 21.4. The van der Waals surface area contributed by atoms with E-state index in [1.807, 2.05) is 12.4 Å². The molecular weight excluding hydrogens is 352 g/mol. The van der Waals surface area contributed by atoms with E-state index in [1.165, 1.54) is 44.2 Å². The third kappa shape index (κ3) is 4.17. The first-order valence-electron chi connectivity index (χ1n) is 10.2. The van der Waals surface area contributed by atoms with Crippen LogP contribution in [-0.2, 0) is 10.8 Å². The average molecular weight is 385 g/mol. The highest BCUT2D eigenvalue weighted by atomic mass is 14.6. The van der Waals surface area contributed by atoms with Crippen LogP contribution in [0.1, 0.15) is 63.8 Å². The Morgan fingerprint density at radius 1 is 0.897 bits per heavy atom. The topological polar surface area (TPSA) is 25.2 Å². The Balaban J connectivity index is 2.32. The average Bonchev–Trinajstić information content (AvgIpc) is 2.64. The van der Waals surface area contributed by atoms with Crippen molar-refractivity contribution in [3.05, 3.63) is 71.2 Å². The van der Waals surface area contributed by atoms with Crippen molar-refractivity contribution in [3.63, 3.8) is 0 Å². The van der Waals surface area contributed by atoms with Gasteiger partial charge in [-0.2, -0.15) is 0 Å². The molecule has 0 fully saturated rings. The molecule has 0 aliphatic rings. The molecule has 0 atom stereocenters. The molecule has 0 saturated carbocycles. The highest BCUT2D eigenvalue weighted by Crippen LogP contribution is 2.38. The van der Waals surface area contributed by atoms with E-state index in [4.69, 9.17) is 0 Å². The van der Waals surface area contributed by atoms with Crippen LogP contribution in [0.25, 0.3) is 28.0 Å². The number of rotatable bonds is 3. The normalized spacial score (nSPS) is 12.7. The summed E-state index contributed by atoms with van der Waals surface area (Å²) in [6.07, 6.45) is 7.80. The number of hydrogen-bond donors (Lipinski definition) is 0. The smallest absolute Gasteiger partial charge is 0.0352 e. The van der Waals surface area contributed by atoms with Crippen LogP contribution in [0.3, 0.4) is 0 Å². The van der Waals surface area contributed by atoms with E-state index < -0.39 is 0 Å². The Bertz CT molecular complexity index is 1090. The highest BCUT2D eigenvalue weighted by Gasteiger charge is 2.21. The molecular formula is C27H32N2. The number of aromatic nitrogens is 1. The van der Waals surface area contributed by atoms with Crippen LogP contribution in [0.4, 0.5) is 0 Å². The molecule has 1 aromatic heterocycles. The summed E-state index contributed by atoms with van der Waals surface area (Å²) in [7, 11) is 0. The monoisotopic (exact) mass is 384 g/mol. The first kappa shape index (κ1) is 21.0. The van der Waals surface area contributed by atoms with Crippen LogP contribution in [0.5, 0.6) is 0 Å². The maximum absolute atomic E-state index is 4.54. The Labute approximate surface area is 175 Å². The van der Waals surface area contributed by atoms with E-state index in [2.05, 4.69) is 102 Å². The van der Waals surface area contributed by atoms with Crippen molar-refractivity contribution in [3.8, 4) is 11.1 Å². The SMILES string of the molecule is C=N/C=C\c1c(C(C)(C)C)ccc(-c2cncc3ccc(C(C)(C)C)cc23)c1C. The number of nitrogens with zero attached hydrogens (tertiary/aromatic N) is 2. The van der Waals surface area contributed by atoms with Crippen molar-refractivity contribution in [2.24, 2.45) is 4.99 Å². The predicted molar refractivity (Wildman–Crippen MR) is 128 cm³/mol. The van der Waals surface area contributed by atoms with Crippen molar-refractivity contribution < 1.29 is 0 Å². The minimum Gasteiger partial charge on any atom is -0.272 e. The van der Waals surface area contributed by atoms with Gasteiger partial charge in [-0.1, -0.05) is 65.8 Å². The van der Waals surface area contributed by atoms with Crippen molar-refractivity contribution in [1.29, 1.82) is 0 Å². The van der Waals surface area contributed by atoms with Gasteiger partial charge in [0.1, 0.15) is 0 Å². The molecule has 150 valence electrons. The molecule has 29 heavy (non-hydrogen) atoms. The van der Waals surface area contributed by atoms with Gasteiger partial charge in [-0.3, -0.25) is 9.98 Å². The minimum atomic E-state index is 0.0422. The molecule has 2 heteroatoms. The zero-order valence-corrected chi connectivity index (χ0v) is 18.8. The summed E-state index contributed by atoms with van der Waals surface area (Å²) in [5, 5.41) is 2.41. The molecule has 0 amide bonds. The summed E-state index contributed by atoms with van der Waals surface area (Å²) in [6, 6.07) is 11.2. The van der Waals surface area contributed by atoms with Gasteiger partial charge in [0.2, 0.25) is 0 Å². The molecule has 0 unspecified atom stereocenters. The minimum absolute atomic E-state index is 0.0422. The van der Waals surface area contributed by atoms with Crippen molar-refractivity contribution >= 4 is 23.6 Å². The van der Waals surface area contributed by atoms with Crippen molar-refractivity contribution in [2.45, 2.75) is 59.3 Å². The van der Waals surface area contributed by atoms with Gasteiger partial charge in [-0.25, -0.2) is 0 Å². The molecule has 1 heterocycles. The molecule has 0 spiro atoms. The fraction of sp³-hybridized carbons (Fsp3) is 0.333. The standard InChI is InChI=1S/C27H32N2/c1-18-21(11-12-25(27(5,6)7)22(18)13-14-28-8)24-17-29-16-19-9-10-20(15-23(19)24)26(2,3)4/h9-17H,8H2,1-7H3/b14-13-. The molecule has 3 aromatic rings. The van der Waals surface area contributed by atoms with Gasteiger partial charge in [-0.15, -0.1) is 0 Å². The molecule has 3 rings (SSSR count). The van der Waals surface area contributed by atoms with Crippen LogP contribution in [0, 0.1) is 6.92 Å². The summed E-state index contributed by atoms with van der Waals surface area (Å²) in [5.74, 6) is 0. The summed E-state index contributed by atoms with van der Waals surface area (Å²) >= 11 is 0. The predicted octanol–water partition coefficient (Wildman–Crippen LogP) is 7.48. The number of hydrogen-bond acceptors (Lipinski definition) is 2. The zero-order valence-electron chi connectivity index (χ0n) is 18.8.